The number of rotatable bonds is 1. The number of carbonyl (C=O) groups is 4. The van der Waals surface area contributed by atoms with E-state index in [1.165, 1.54) is 6.92 Å². The maximum Gasteiger partial charge on any atom is 0.408 e. The smallest absolute Gasteiger partial charge is 0.408 e. The molecular weight excluding hydrogens is 354 g/mol. The van der Waals surface area contributed by atoms with E-state index >= 15 is 0 Å². The van der Waals surface area contributed by atoms with E-state index in [1.54, 1.807) is 21.0 Å². The van der Waals surface area contributed by atoms with Crippen LogP contribution in [0.3, 0.4) is 0 Å². The molecule has 2 heterocycles. The Hall–Kier alpha value is -1.96. The van der Waals surface area contributed by atoms with E-state index in [-0.39, 0.29) is 36.6 Å². The number of hydrogen-bond acceptors (Lipinski definition) is 7. The molecule has 2 rings (SSSR count). The van der Waals surface area contributed by atoms with Gasteiger partial charge in [-0.15, -0.1) is 0 Å². The van der Waals surface area contributed by atoms with Crippen molar-refractivity contribution in [2.45, 2.75) is 64.7 Å². The number of hydrogen-bond donors (Lipinski definition) is 1. The molecular formula is C19H29NO7. The summed E-state index contributed by atoms with van der Waals surface area (Å²) >= 11 is 0. The van der Waals surface area contributed by atoms with Gasteiger partial charge < -0.3 is 19.5 Å². The summed E-state index contributed by atoms with van der Waals surface area (Å²) in [6.45, 7) is 6.45. The van der Waals surface area contributed by atoms with Crippen LogP contribution < -0.4 is 5.32 Å². The summed E-state index contributed by atoms with van der Waals surface area (Å²) in [6, 6.07) is -0.636. The maximum atomic E-state index is 12.9. The SMILES string of the molecule is CO[C@H]1CCC(=O)[C@@H](C)C(=O)OC[C@@]2(C)OC(=O)N[C@@H]2[C@@H](C)C(=O)[C@H](C)C1. The van der Waals surface area contributed by atoms with Crippen LogP contribution in [-0.2, 0) is 28.6 Å². The van der Waals surface area contributed by atoms with E-state index in [0.29, 0.717) is 12.8 Å². The highest BCUT2D eigenvalue weighted by molar-refractivity contribution is 5.98. The quantitative estimate of drug-likeness (QED) is 0.542. The Kier molecular flexibility index (Phi) is 6.62. The molecule has 0 aromatic heterocycles. The molecule has 0 spiro atoms. The highest BCUT2D eigenvalue weighted by Crippen LogP contribution is 2.31. The molecule has 1 N–H and O–H groups in total. The lowest BCUT2D eigenvalue weighted by molar-refractivity contribution is -0.157. The molecule has 0 radical (unpaired) electrons. The Bertz CT molecular complexity index is 619. The first-order valence-electron chi connectivity index (χ1n) is 9.34. The normalized spacial score (nSPS) is 39.1. The number of esters is 1. The summed E-state index contributed by atoms with van der Waals surface area (Å²) in [5, 5.41) is 2.67. The summed E-state index contributed by atoms with van der Waals surface area (Å²) in [5.74, 6) is -2.70. The van der Waals surface area contributed by atoms with Crippen LogP contribution in [0, 0.1) is 17.8 Å². The molecule has 0 saturated carbocycles. The molecule has 0 aliphatic carbocycles. The topological polar surface area (TPSA) is 108 Å². The predicted octanol–water partition coefficient (Wildman–Crippen LogP) is 1.64. The lowest BCUT2D eigenvalue weighted by Gasteiger charge is -2.33. The summed E-state index contributed by atoms with van der Waals surface area (Å²) in [7, 11) is 1.54. The molecule has 2 fully saturated rings. The van der Waals surface area contributed by atoms with Crippen molar-refractivity contribution in [3.05, 3.63) is 0 Å². The minimum absolute atomic E-state index is 0.0397. The van der Waals surface area contributed by atoms with Gasteiger partial charge in [0.2, 0.25) is 0 Å². The van der Waals surface area contributed by atoms with Crippen molar-refractivity contribution in [2.75, 3.05) is 13.7 Å². The van der Waals surface area contributed by atoms with Crippen LogP contribution in [0.4, 0.5) is 4.79 Å². The molecule has 152 valence electrons. The first kappa shape index (κ1) is 21.3. The van der Waals surface area contributed by atoms with Crippen LogP contribution in [0.25, 0.3) is 0 Å². The molecule has 0 aromatic carbocycles. The Morgan fingerprint density at radius 2 is 1.81 bits per heavy atom. The molecule has 27 heavy (non-hydrogen) atoms. The number of nitrogens with one attached hydrogen (secondary N) is 1. The lowest BCUT2D eigenvalue weighted by atomic mass is 9.80. The molecule has 1 amide bonds. The number of Topliss-reactive ketones (excluding diaryl/α,β-unsaturated/α-hetero) is 2. The van der Waals surface area contributed by atoms with Crippen LogP contribution in [0.15, 0.2) is 0 Å². The van der Waals surface area contributed by atoms with Crippen molar-refractivity contribution >= 4 is 23.6 Å². The fourth-order valence-corrected chi connectivity index (χ4v) is 3.80. The van der Waals surface area contributed by atoms with Gasteiger partial charge in [0.1, 0.15) is 24.1 Å². The van der Waals surface area contributed by atoms with Crippen LogP contribution in [-0.4, -0.2) is 55.1 Å². The molecule has 0 bridgehead atoms. The second kappa shape index (κ2) is 8.37. The fraction of sp³-hybridized carbons (Fsp3) is 0.789. The van der Waals surface area contributed by atoms with E-state index in [0.717, 1.165) is 0 Å². The number of amides is 1. The van der Waals surface area contributed by atoms with E-state index in [4.69, 9.17) is 14.2 Å². The van der Waals surface area contributed by atoms with Crippen LogP contribution in [0.5, 0.6) is 0 Å². The van der Waals surface area contributed by atoms with Gasteiger partial charge in [-0.3, -0.25) is 14.4 Å². The van der Waals surface area contributed by atoms with Gasteiger partial charge in [-0.1, -0.05) is 13.8 Å². The zero-order valence-electron chi connectivity index (χ0n) is 16.6. The third-order valence-corrected chi connectivity index (χ3v) is 5.69. The summed E-state index contributed by atoms with van der Waals surface area (Å²) < 4.78 is 16.0. The number of ketones is 2. The fourth-order valence-electron chi connectivity index (χ4n) is 3.80. The Morgan fingerprint density at radius 1 is 1.15 bits per heavy atom. The van der Waals surface area contributed by atoms with E-state index in [9.17, 15) is 19.2 Å². The van der Waals surface area contributed by atoms with E-state index < -0.39 is 35.5 Å². The molecule has 2 saturated heterocycles. The maximum absolute atomic E-state index is 12.9. The molecule has 8 heteroatoms. The van der Waals surface area contributed by atoms with Crippen LogP contribution in [0.1, 0.15) is 47.0 Å². The van der Waals surface area contributed by atoms with Crippen molar-refractivity contribution in [3.63, 3.8) is 0 Å². The van der Waals surface area contributed by atoms with Crippen molar-refractivity contribution in [1.29, 1.82) is 0 Å². The number of methoxy groups -OCH3 is 1. The zero-order valence-corrected chi connectivity index (χ0v) is 16.6. The second-order valence-corrected chi connectivity index (χ2v) is 7.84. The zero-order chi connectivity index (χ0) is 20.4. The van der Waals surface area contributed by atoms with Crippen molar-refractivity contribution < 1.29 is 33.4 Å². The largest absolute Gasteiger partial charge is 0.461 e. The second-order valence-electron chi connectivity index (χ2n) is 7.84. The number of ether oxygens (including phenoxy) is 3. The standard InChI is InChI=1S/C19H29NO7/c1-10-8-13(25-5)6-7-14(21)11(2)17(23)26-9-19(4)16(12(3)15(10)22)20-18(24)27-19/h10-13,16H,6-9H2,1-5H3,(H,20,24)/t10-,11-,12+,13+,16-,19-/m1/s1. The molecule has 0 unspecified atom stereocenters. The third-order valence-electron chi connectivity index (χ3n) is 5.69. The van der Waals surface area contributed by atoms with Gasteiger partial charge in [-0.05, 0) is 26.7 Å². The number of carbonyl (C=O) groups excluding carboxylic acids is 4. The Morgan fingerprint density at radius 3 is 2.44 bits per heavy atom. The Labute approximate surface area is 159 Å². The lowest BCUT2D eigenvalue weighted by Crippen LogP contribution is -2.52. The van der Waals surface area contributed by atoms with E-state index in [1.807, 2.05) is 6.92 Å². The van der Waals surface area contributed by atoms with Crippen molar-refractivity contribution in [3.8, 4) is 0 Å². The van der Waals surface area contributed by atoms with Gasteiger partial charge in [0.25, 0.3) is 0 Å². The minimum atomic E-state index is -1.19. The molecule has 2 aliphatic rings. The van der Waals surface area contributed by atoms with Crippen LogP contribution >= 0.6 is 0 Å². The monoisotopic (exact) mass is 383 g/mol. The molecule has 0 aromatic rings. The summed E-state index contributed by atoms with van der Waals surface area (Å²) in [6.07, 6.45) is 0.132. The molecule has 6 atom stereocenters. The van der Waals surface area contributed by atoms with Gasteiger partial charge in [0, 0.05) is 25.4 Å². The number of cyclic esters (lactones) is 1. The third kappa shape index (κ3) is 4.66. The van der Waals surface area contributed by atoms with Crippen molar-refractivity contribution in [1.82, 2.24) is 5.32 Å². The Balaban J connectivity index is 2.31. The van der Waals surface area contributed by atoms with Gasteiger partial charge in [0.05, 0.1) is 12.1 Å². The minimum Gasteiger partial charge on any atom is -0.461 e. The van der Waals surface area contributed by atoms with Gasteiger partial charge in [-0.25, -0.2) is 4.79 Å². The average molecular weight is 383 g/mol. The van der Waals surface area contributed by atoms with Crippen molar-refractivity contribution in [2.24, 2.45) is 17.8 Å². The average Bonchev–Trinajstić information content (AvgIpc) is 2.94. The number of fused-ring (bicyclic) bond motifs is 1. The van der Waals surface area contributed by atoms with Gasteiger partial charge >= 0.3 is 12.1 Å². The predicted molar refractivity (Wildman–Crippen MR) is 94.9 cm³/mol. The van der Waals surface area contributed by atoms with Gasteiger partial charge in [-0.2, -0.15) is 0 Å². The highest BCUT2D eigenvalue weighted by Gasteiger charge is 2.51. The number of alkyl carbamates (subject to hydrolysis) is 1. The molecule has 2 aliphatic heterocycles. The van der Waals surface area contributed by atoms with Gasteiger partial charge in [0.15, 0.2) is 5.60 Å². The highest BCUT2D eigenvalue weighted by atomic mass is 16.6. The van der Waals surface area contributed by atoms with E-state index in [2.05, 4.69) is 5.32 Å². The first-order chi connectivity index (χ1) is 12.6. The van der Waals surface area contributed by atoms with Crippen LogP contribution in [0.2, 0.25) is 0 Å². The first-order valence-corrected chi connectivity index (χ1v) is 9.34. The summed E-state index contributed by atoms with van der Waals surface area (Å²) in [5.41, 5.74) is -1.19. The summed E-state index contributed by atoms with van der Waals surface area (Å²) in [4.78, 5) is 49.3. The molecule has 8 nitrogen and oxygen atoms in total.